The molecule has 0 spiro atoms. The number of thioether (sulfide) groups is 1. The van der Waals surface area contributed by atoms with Crippen molar-refractivity contribution in [2.45, 2.75) is 19.5 Å². The van der Waals surface area contributed by atoms with Crippen LogP contribution in [-0.2, 0) is 11.3 Å². The van der Waals surface area contributed by atoms with Crippen LogP contribution in [0.25, 0.3) is 0 Å². The summed E-state index contributed by atoms with van der Waals surface area (Å²) >= 11 is 1.35. The number of carbonyl (C=O) groups is 2. The Morgan fingerprint density at radius 3 is 2.85 bits per heavy atom. The number of nitrogens with zero attached hydrogens (tertiary/aromatic N) is 3. The lowest BCUT2D eigenvalue weighted by Gasteiger charge is -2.20. The van der Waals surface area contributed by atoms with E-state index in [-0.39, 0.29) is 17.3 Å². The predicted octanol–water partition coefficient (Wildman–Crippen LogP) is 1.02. The number of carboxylic acids is 1. The highest BCUT2D eigenvalue weighted by molar-refractivity contribution is 7.99. The molecule has 1 aromatic heterocycles. The first-order valence-electron chi connectivity index (χ1n) is 5.91. The average molecular weight is 299 g/mol. The summed E-state index contributed by atoms with van der Waals surface area (Å²) in [6.45, 7) is 2.15. The number of amides is 1. The molecule has 1 atom stereocenters. The van der Waals surface area contributed by atoms with Gasteiger partial charge >= 0.3 is 5.97 Å². The van der Waals surface area contributed by atoms with Crippen molar-refractivity contribution in [3.05, 3.63) is 28.1 Å². The first kappa shape index (κ1) is 14.4. The maximum Gasteiger partial charge on any atom is 0.327 e. The number of hydrogen-bond donors (Lipinski definition) is 1. The molecular weight excluding hydrogens is 286 g/mol. The van der Waals surface area contributed by atoms with E-state index in [1.807, 2.05) is 0 Å². The van der Waals surface area contributed by atoms with Crippen LogP contribution >= 0.6 is 11.8 Å². The smallest absolute Gasteiger partial charge is 0.327 e. The second kappa shape index (κ2) is 5.53. The summed E-state index contributed by atoms with van der Waals surface area (Å²) in [4.78, 5) is 34.9. The van der Waals surface area contributed by atoms with Crippen molar-refractivity contribution in [3.8, 4) is 0 Å². The van der Waals surface area contributed by atoms with Crippen LogP contribution in [0.2, 0.25) is 0 Å². The van der Waals surface area contributed by atoms with Gasteiger partial charge in [0.25, 0.3) is 11.6 Å². The zero-order chi connectivity index (χ0) is 14.9. The SMILES string of the molecule is CCn1cc([N+](=O)[O-])cc1C(=O)N1CSCC1C(=O)O. The molecule has 0 aromatic carbocycles. The van der Waals surface area contributed by atoms with Crippen LogP contribution < -0.4 is 0 Å². The number of carbonyl (C=O) groups excluding carboxylic acids is 1. The lowest BCUT2D eigenvalue weighted by molar-refractivity contribution is -0.384. The fraction of sp³-hybridized carbons (Fsp3) is 0.455. The normalized spacial score (nSPS) is 18.2. The Labute approximate surface area is 118 Å². The molecule has 9 heteroatoms. The Morgan fingerprint density at radius 1 is 1.60 bits per heavy atom. The molecule has 1 N–H and O–H groups in total. The Kier molecular flexibility index (Phi) is 3.98. The van der Waals surface area contributed by atoms with E-state index < -0.39 is 22.8 Å². The minimum Gasteiger partial charge on any atom is -0.480 e. The van der Waals surface area contributed by atoms with Crippen LogP contribution in [0.15, 0.2) is 12.3 Å². The summed E-state index contributed by atoms with van der Waals surface area (Å²) in [5.41, 5.74) is -0.0260. The van der Waals surface area contributed by atoms with Crippen molar-refractivity contribution >= 4 is 29.3 Å². The topological polar surface area (TPSA) is 106 Å². The first-order valence-corrected chi connectivity index (χ1v) is 7.07. The van der Waals surface area contributed by atoms with Gasteiger partial charge in [-0.2, -0.15) is 0 Å². The zero-order valence-corrected chi connectivity index (χ0v) is 11.5. The van der Waals surface area contributed by atoms with Gasteiger partial charge in [0, 0.05) is 18.4 Å². The number of aryl methyl sites for hydroxylation is 1. The Morgan fingerprint density at radius 2 is 2.30 bits per heavy atom. The molecule has 1 aliphatic heterocycles. The van der Waals surface area contributed by atoms with E-state index in [4.69, 9.17) is 5.11 Å². The molecule has 0 bridgehead atoms. The van der Waals surface area contributed by atoms with Gasteiger partial charge in [-0.1, -0.05) is 0 Å². The van der Waals surface area contributed by atoms with E-state index in [2.05, 4.69) is 0 Å². The molecule has 108 valence electrons. The Hall–Kier alpha value is -2.03. The van der Waals surface area contributed by atoms with Crippen molar-refractivity contribution in [3.63, 3.8) is 0 Å². The van der Waals surface area contributed by atoms with Crippen molar-refractivity contribution in [2.24, 2.45) is 0 Å². The van der Waals surface area contributed by atoms with Gasteiger partial charge in [-0.25, -0.2) is 4.79 Å². The number of carboxylic acid groups (broad SMARTS) is 1. The minimum absolute atomic E-state index is 0.146. The maximum absolute atomic E-state index is 12.4. The van der Waals surface area contributed by atoms with E-state index >= 15 is 0 Å². The second-order valence-corrected chi connectivity index (χ2v) is 5.26. The summed E-state index contributed by atoms with van der Waals surface area (Å²) < 4.78 is 1.46. The average Bonchev–Trinajstić information content (AvgIpc) is 3.04. The fourth-order valence-electron chi connectivity index (χ4n) is 2.03. The molecule has 8 nitrogen and oxygen atoms in total. The summed E-state index contributed by atoms with van der Waals surface area (Å²) in [6.07, 6.45) is 1.28. The predicted molar refractivity (Wildman–Crippen MR) is 71.7 cm³/mol. The molecule has 2 rings (SSSR count). The van der Waals surface area contributed by atoms with Gasteiger partial charge in [-0.15, -0.1) is 11.8 Å². The molecule has 1 fully saturated rings. The molecule has 0 aliphatic carbocycles. The molecule has 1 aliphatic rings. The highest BCUT2D eigenvalue weighted by Gasteiger charge is 2.36. The quantitative estimate of drug-likeness (QED) is 0.657. The van der Waals surface area contributed by atoms with Crippen molar-refractivity contribution < 1.29 is 19.6 Å². The van der Waals surface area contributed by atoms with E-state index in [1.165, 1.54) is 33.5 Å². The van der Waals surface area contributed by atoms with E-state index in [0.29, 0.717) is 12.3 Å². The molecule has 1 aromatic rings. The van der Waals surface area contributed by atoms with Crippen LogP contribution in [0, 0.1) is 10.1 Å². The van der Waals surface area contributed by atoms with E-state index in [9.17, 15) is 19.7 Å². The lowest BCUT2D eigenvalue weighted by atomic mass is 10.2. The van der Waals surface area contributed by atoms with Gasteiger partial charge in [-0.3, -0.25) is 14.9 Å². The van der Waals surface area contributed by atoms with Crippen LogP contribution in [0.1, 0.15) is 17.4 Å². The fourth-order valence-corrected chi connectivity index (χ4v) is 3.18. The third kappa shape index (κ3) is 2.48. The van der Waals surface area contributed by atoms with Gasteiger partial charge in [0.05, 0.1) is 17.0 Å². The molecule has 0 radical (unpaired) electrons. The number of aromatic nitrogens is 1. The standard InChI is InChI=1S/C11H13N3O5S/c1-2-12-4-7(14(18)19)3-8(12)10(15)13-6-20-5-9(13)11(16)17/h3-4,9H,2,5-6H2,1H3,(H,16,17). The zero-order valence-electron chi connectivity index (χ0n) is 10.7. The number of aliphatic carboxylic acids is 1. The van der Waals surface area contributed by atoms with Gasteiger partial charge in [-0.05, 0) is 6.92 Å². The van der Waals surface area contributed by atoms with E-state index in [0.717, 1.165) is 0 Å². The van der Waals surface area contributed by atoms with E-state index in [1.54, 1.807) is 6.92 Å². The largest absolute Gasteiger partial charge is 0.480 e. The minimum atomic E-state index is -1.06. The molecule has 2 heterocycles. The van der Waals surface area contributed by atoms with Gasteiger partial charge in [0.1, 0.15) is 11.7 Å². The summed E-state index contributed by atoms with van der Waals surface area (Å²) in [5.74, 6) is -0.945. The number of nitro groups is 1. The Balaban J connectivity index is 2.33. The van der Waals surface area contributed by atoms with Gasteiger partial charge in [0.15, 0.2) is 0 Å². The molecule has 1 unspecified atom stereocenters. The Bertz CT molecular complexity index is 570. The summed E-state index contributed by atoms with van der Waals surface area (Å²) in [6, 6.07) is 0.306. The number of rotatable bonds is 4. The van der Waals surface area contributed by atoms with Crippen molar-refractivity contribution in [1.82, 2.24) is 9.47 Å². The van der Waals surface area contributed by atoms with Crippen molar-refractivity contribution in [1.29, 1.82) is 0 Å². The van der Waals surface area contributed by atoms with Crippen LogP contribution in [0.3, 0.4) is 0 Å². The second-order valence-electron chi connectivity index (χ2n) is 4.26. The molecule has 1 amide bonds. The highest BCUT2D eigenvalue weighted by atomic mass is 32.2. The molecule has 0 saturated carbocycles. The van der Waals surface area contributed by atoms with Crippen LogP contribution in [0.5, 0.6) is 0 Å². The van der Waals surface area contributed by atoms with Gasteiger partial charge in [0.2, 0.25) is 0 Å². The third-order valence-electron chi connectivity index (χ3n) is 3.08. The summed E-state index contributed by atoms with van der Waals surface area (Å²) in [5, 5.41) is 19.8. The molecule has 20 heavy (non-hydrogen) atoms. The molecular formula is C11H13N3O5S. The first-order chi connectivity index (χ1) is 9.45. The van der Waals surface area contributed by atoms with Crippen LogP contribution in [-0.4, -0.2) is 49.0 Å². The van der Waals surface area contributed by atoms with Crippen molar-refractivity contribution in [2.75, 3.05) is 11.6 Å². The highest BCUT2D eigenvalue weighted by Crippen LogP contribution is 2.25. The maximum atomic E-state index is 12.4. The van der Waals surface area contributed by atoms with Crippen LogP contribution in [0.4, 0.5) is 5.69 Å². The summed E-state index contributed by atoms with van der Waals surface area (Å²) in [7, 11) is 0. The lowest BCUT2D eigenvalue weighted by Crippen LogP contribution is -2.42. The molecule has 1 saturated heterocycles. The number of hydrogen-bond acceptors (Lipinski definition) is 5. The third-order valence-corrected chi connectivity index (χ3v) is 4.09. The van der Waals surface area contributed by atoms with Gasteiger partial charge < -0.3 is 14.6 Å². The monoisotopic (exact) mass is 299 g/mol.